The Morgan fingerprint density at radius 2 is 1.56 bits per heavy atom. The number of hydrogen-bond donors (Lipinski definition) is 2. The van der Waals surface area contributed by atoms with E-state index in [9.17, 15) is 0 Å². The first-order chi connectivity index (χ1) is 4.22. The van der Waals surface area contributed by atoms with Crippen LogP contribution in [0.5, 0.6) is 0 Å². The molecule has 0 aliphatic rings. The third kappa shape index (κ3) is 0.996. The minimum Gasteiger partial charge on any atom is -0.381 e. The summed E-state index contributed by atoms with van der Waals surface area (Å²) in [5, 5.41) is 10.1. The largest absolute Gasteiger partial charge is 0.381 e. The van der Waals surface area contributed by atoms with Crippen molar-refractivity contribution in [2.24, 2.45) is 0 Å². The monoisotopic (exact) mass is 145 g/mol. The van der Waals surface area contributed by atoms with Gasteiger partial charge in [-0.2, -0.15) is 0 Å². The quantitative estimate of drug-likeness (QED) is 0.523. The lowest BCUT2D eigenvalue weighted by Gasteiger charge is -1.94. The molecule has 0 radical (unpaired) electrons. The van der Waals surface area contributed by atoms with Crippen molar-refractivity contribution >= 4 is 23.2 Å². The smallest absolute Gasteiger partial charge is 0.170 e. The van der Waals surface area contributed by atoms with Crippen LogP contribution in [0.3, 0.4) is 0 Å². The second kappa shape index (κ2) is 2.02. The fourth-order valence-corrected chi connectivity index (χ4v) is 0.413. The highest BCUT2D eigenvalue weighted by atomic mass is 35.5. The number of anilines is 2. The summed E-state index contributed by atoms with van der Waals surface area (Å²) in [7, 11) is 0. The molecule has 0 aliphatic carbocycles. The fraction of sp³-hybridized carbons (Fsp3) is 0. The molecular formula is C3H4ClN5. The van der Waals surface area contributed by atoms with Crippen molar-refractivity contribution in [3.63, 3.8) is 0 Å². The summed E-state index contributed by atoms with van der Waals surface area (Å²) < 4.78 is 0. The summed E-state index contributed by atoms with van der Waals surface area (Å²) >= 11 is 5.46. The minimum absolute atomic E-state index is 0.101. The normalized spacial score (nSPS) is 9.44. The van der Waals surface area contributed by atoms with Crippen LogP contribution >= 0.6 is 11.6 Å². The molecule has 1 rings (SSSR count). The number of nitrogen functional groups attached to an aromatic ring is 2. The van der Waals surface area contributed by atoms with Gasteiger partial charge in [0, 0.05) is 0 Å². The highest BCUT2D eigenvalue weighted by molar-refractivity contribution is 6.34. The molecule has 0 bridgehead atoms. The van der Waals surface area contributed by atoms with Gasteiger partial charge in [0.15, 0.2) is 11.6 Å². The van der Waals surface area contributed by atoms with Crippen molar-refractivity contribution in [3.8, 4) is 0 Å². The zero-order valence-corrected chi connectivity index (χ0v) is 5.13. The summed E-state index contributed by atoms with van der Waals surface area (Å²) in [6.07, 6.45) is 0. The molecule has 5 nitrogen and oxygen atoms in total. The van der Waals surface area contributed by atoms with Crippen LogP contribution in [0.25, 0.3) is 0 Å². The van der Waals surface area contributed by atoms with Crippen molar-refractivity contribution in [2.75, 3.05) is 11.5 Å². The predicted octanol–water partition coefficient (Wildman–Crippen LogP) is -0.311. The zero-order chi connectivity index (χ0) is 6.85. The Morgan fingerprint density at radius 3 is 1.89 bits per heavy atom. The van der Waals surface area contributed by atoms with E-state index in [1.54, 1.807) is 0 Å². The molecule has 0 saturated heterocycles. The van der Waals surface area contributed by atoms with E-state index in [-0.39, 0.29) is 16.7 Å². The van der Waals surface area contributed by atoms with Gasteiger partial charge in [0.2, 0.25) is 0 Å². The molecule has 0 fully saturated rings. The molecule has 4 N–H and O–H groups in total. The maximum atomic E-state index is 5.46. The van der Waals surface area contributed by atoms with Gasteiger partial charge in [0.05, 0.1) is 0 Å². The molecule has 0 atom stereocenters. The summed E-state index contributed by atoms with van der Waals surface area (Å²) in [5.41, 5.74) is 10.4. The van der Waals surface area contributed by atoms with Gasteiger partial charge in [-0.25, -0.2) is 0 Å². The van der Waals surface area contributed by atoms with E-state index < -0.39 is 0 Å². The molecule has 1 heterocycles. The summed E-state index contributed by atoms with van der Waals surface area (Å²) in [4.78, 5) is 0. The maximum Gasteiger partial charge on any atom is 0.170 e. The van der Waals surface area contributed by atoms with Crippen LogP contribution in [0, 0.1) is 0 Å². The molecule has 0 spiro atoms. The number of halogens is 1. The van der Waals surface area contributed by atoms with Crippen molar-refractivity contribution in [1.82, 2.24) is 15.4 Å². The number of nitrogens with two attached hydrogens (primary N) is 2. The van der Waals surface area contributed by atoms with E-state index in [0.717, 1.165) is 0 Å². The van der Waals surface area contributed by atoms with E-state index >= 15 is 0 Å². The van der Waals surface area contributed by atoms with Gasteiger partial charge in [0.1, 0.15) is 5.02 Å². The lowest BCUT2D eigenvalue weighted by molar-refractivity contribution is 0.882. The first-order valence-corrected chi connectivity index (χ1v) is 2.49. The first-order valence-electron chi connectivity index (χ1n) is 2.11. The summed E-state index contributed by atoms with van der Waals surface area (Å²) in [6, 6.07) is 0. The van der Waals surface area contributed by atoms with Gasteiger partial charge in [-0.3, -0.25) is 0 Å². The molecule has 0 unspecified atom stereocenters. The van der Waals surface area contributed by atoms with Gasteiger partial charge in [-0.15, -0.1) is 10.2 Å². The Kier molecular flexibility index (Phi) is 1.35. The van der Waals surface area contributed by atoms with Crippen LogP contribution in [0.4, 0.5) is 11.6 Å². The van der Waals surface area contributed by atoms with Gasteiger partial charge in [0.25, 0.3) is 0 Å². The Hall–Kier alpha value is -1.10. The SMILES string of the molecule is Nc1nnnc(N)c1Cl. The van der Waals surface area contributed by atoms with Gasteiger partial charge in [-0.05, 0) is 5.21 Å². The average molecular weight is 146 g/mol. The highest BCUT2D eigenvalue weighted by Crippen LogP contribution is 2.18. The lowest BCUT2D eigenvalue weighted by atomic mass is 10.6. The molecular weight excluding hydrogens is 142 g/mol. The Bertz CT molecular complexity index is 203. The van der Waals surface area contributed by atoms with Crippen molar-refractivity contribution in [1.29, 1.82) is 0 Å². The van der Waals surface area contributed by atoms with Crippen LogP contribution in [-0.2, 0) is 0 Å². The van der Waals surface area contributed by atoms with Crippen molar-refractivity contribution < 1.29 is 0 Å². The molecule has 1 aromatic rings. The minimum atomic E-state index is 0.101. The zero-order valence-electron chi connectivity index (χ0n) is 4.37. The van der Waals surface area contributed by atoms with Crippen LogP contribution < -0.4 is 11.5 Å². The maximum absolute atomic E-state index is 5.46. The third-order valence-corrected chi connectivity index (χ3v) is 1.14. The summed E-state index contributed by atoms with van der Waals surface area (Å²) in [6.45, 7) is 0. The Labute approximate surface area is 56.0 Å². The molecule has 6 heteroatoms. The average Bonchev–Trinajstić information content (AvgIpc) is 1.83. The van der Waals surface area contributed by atoms with E-state index in [1.807, 2.05) is 0 Å². The first kappa shape index (κ1) is 6.03. The van der Waals surface area contributed by atoms with Gasteiger partial charge in [-0.1, -0.05) is 11.6 Å². The highest BCUT2D eigenvalue weighted by Gasteiger charge is 2.01. The van der Waals surface area contributed by atoms with Gasteiger partial charge >= 0.3 is 0 Å². The number of hydrogen-bond acceptors (Lipinski definition) is 5. The van der Waals surface area contributed by atoms with E-state index in [1.165, 1.54) is 0 Å². The second-order valence-corrected chi connectivity index (χ2v) is 1.75. The van der Waals surface area contributed by atoms with Crippen molar-refractivity contribution in [2.45, 2.75) is 0 Å². The Balaban J connectivity index is 3.25. The summed E-state index contributed by atoms with van der Waals surface area (Å²) in [5.74, 6) is 0.202. The van der Waals surface area contributed by atoms with Crippen LogP contribution in [0.1, 0.15) is 0 Å². The molecule has 0 amide bonds. The van der Waals surface area contributed by atoms with E-state index in [2.05, 4.69) is 15.4 Å². The molecule has 9 heavy (non-hydrogen) atoms. The molecule has 48 valence electrons. The van der Waals surface area contributed by atoms with Gasteiger partial charge < -0.3 is 11.5 Å². The van der Waals surface area contributed by atoms with Crippen LogP contribution in [0.15, 0.2) is 0 Å². The fourth-order valence-electron chi connectivity index (χ4n) is 0.338. The molecule has 0 aromatic carbocycles. The molecule has 1 aromatic heterocycles. The standard InChI is InChI=1S/C3H4ClN5/c4-1-2(5)7-9-8-3(1)6/h(H4,5,6,7,8). The molecule has 0 aliphatic heterocycles. The van der Waals surface area contributed by atoms with E-state index in [4.69, 9.17) is 23.1 Å². The number of nitrogens with zero attached hydrogens (tertiary/aromatic N) is 3. The predicted molar refractivity (Wildman–Crippen MR) is 33.7 cm³/mol. The van der Waals surface area contributed by atoms with Crippen LogP contribution in [-0.4, -0.2) is 15.4 Å². The van der Waals surface area contributed by atoms with Crippen LogP contribution in [0.2, 0.25) is 5.02 Å². The number of rotatable bonds is 0. The third-order valence-electron chi connectivity index (χ3n) is 0.755. The lowest BCUT2D eigenvalue weighted by Crippen LogP contribution is -2.01. The molecule has 0 saturated carbocycles. The Morgan fingerprint density at radius 1 is 1.11 bits per heavy atom. The number of aromatic nitrogens is 3. The topological polar surface area (TPSA) is 90.7 Å². The van der Waals surface area contributed by atoms with E-state index in [0.29, 0.717) is 0 Å². The van der Waals surface area contributed by atoms with Crippen molar-refractivity contribution in [3.05, 3.63) is 5.02 Å². The second-order valence-electron chi connectivity index (χ2n) is 1.37.